The topological polar surface area (TPSA) is 113 Å². The third-order valence-corrected chi connectivity index (χ3v) is 8.83. The molecule has 1 atom stereocenters. The number of aromatic amines is 1. The van der Waals surface area contributed by atoms with E-state index in [0.717, 1.165) is 25.0 Å². The highest BCUT2D eigenvalue weighted by atomic mass is 35.5. The smallest absolute Gasteiger partial charge is 0.261 e. The van der Waals surface area contributed by atoms with Crippen molar-refractivity contribution >= 4 is 34.7 Å². The van der Waals surface area contributed by atoms with E-state index in [1.807, 2.05) is 44.3 Å². The van der Waals surface area contributed by atoms with E-state index >= 15 is 0 Å². The minimum atomic E-state index is -0.759. The number of nitrogens with zero attached hydrogens (tertiary/aromatic N) is 3. The molecule has 0 saturated carbocycles. The normalized spacial score (nSPS) is 13.3. The Morgan fingerprint density at radius 3 is 2.28 bits per heavy atom. The fourth-order valence-corrected chi connectivity index (χ4v) is 5.40. The van der Waals surface area contributed by atoms with Gasteiger partial charge >= 0.3 is 0 Å². The summed E-state index contributed by atoms with van der Waals surface area (Å²) in [6.07, 6.45) is 6.76. The maximum atomic E-state index is 14.0. The summed E-state index contributed by atoms with van der Waals surface area (Å²) in [5, 5.41) is 19.0. The number of benzene rings is 1. The molecule has 2 aromatic heterocycles. The van der Waals surface area contributed by atoms with Gasteiger partial charge in [-0.3, -0.25) is 14.7 Å². The van der Waals surface area contributed by atoms with Crippen molar-refractivity contribution in [3.05, 3.63) is 40.8 Å². The van der Waals surface area contributed by atoms with Gasteiger partial charge < -0.3 is 15.4 Å². The minimum absolute atomic E-state index is 0.116. The van der Waals surface area contributed by atoms with Crippen molar-refractivity contribution < 1.29 is 14.3 Å². The molecule has 3 rings (SSSR count). The molecule has 1 unspecified atom stereocenters. The maximum absolute atomic E-state index is 14.0. The average molecular weight is 615 g/mol. The van der Waals surface area contributed by atoms with Crippen molar-refractivity contribution in [1.29, 1.82) is 0 Å². The molecule has 2 heterocycles. The molecule has 9 nitrogen and oxygen atoms in total. The number of fused-ring (bicyclic) bond motifs is 1. The lowest BCUT2D eigenvalue weighted by atomic mass is 9.73. The Morgan fingerprint density at radius 1 is 0.977 bits per heavy atom. The van der Waals surface area contributed by atoms with Gasteiger partial charge in [0, 0.05) is 22.8 Å². The molecule has 10 heteroatoms. The number of halogens is 1. The van der Waals surface area contributed by atoms with Crippen LogP contribution >= 0.6 is 11.6 Å². The van der Waals surface area contributed by atoms with E-state index in [0.29, 0.717) is 40.8 Å². The lowest BCUT2D eigenvalue weighted by Crippen LogP contribution is -2.59. The number of amides is 2. The molecular formula is C33H51ClN6O3. The van der Waals surface area contributed by atoms with E-state index in [9.17, 15) is 9.59 Å². The number of aromatic nitrogens is 4. The van der Waals surface area contributed by atoms with Crippen LogP contribution < -0.4 is 15.4 Å². The number of carbonyl (C=O) groups is 2. The van der Waals surface area contributed by atoms with Crippen LogP contribution in [0.5, 0.6) is 5.75 Å². The number of nitrogens with one attached hydrogen (secondary N) is 3. The van der Waals surface area contributed by atoms with Crippen LogP contribution in [0.2, 0.25) is 5.02 Å². The number of ether oxygens (including phenoxy) is 1. The standard InChI is InChI=1S/C33H51ClN6O3/c1-10-12-13-14-15-16-21-24(43-23-20-18-17-19-22(23)35-25(41)11-2)29(42)36-33(8,9)32(6,7)30-38-37-28-26(34)27(31(3,4)5)39-40(28)30/h17-20,24,39H,10-16,21H2,1-9H3,(H,35,41)(H,36,42). The highest BCUT2D eigenvalue weighted by Crippen LogP contribution is 2.37. The molecule has 238 valence electrons. The zero-order chi connectivity index (χ0) is 32.0. The van der Waals surface area contributed by atoms with E-state index < -0.39 is 17.1 Å². The number of H-pyrrole nitrogens is 1. The van der Waals surface area contributed by atoms with Crippen LogP contribution in [0.1, 0.15) is 125 Å². The molecule has 3 N–H and O–H groups in total. The average Bonchev–Trinajstić information content (AvgIpc) is 3.50. The monoisotopic (exact) mass is 614 g/mol. The van der Waals surface area contributed by atoms with Crippen LogP contribution in [-0.2, 0) is 20.4 Å². The third kappa shape index (κ3) is 8.11. The van der Waals surface area contributed by atoms with Crippen LogP contribution in [0, 0.1) is 0 Å². The van der Waals surface area contributed by atoms with Gasteiger partial charge in [-0.25, -0.2) is 4.52 Å². The van der Waals surface area contributed by atoms with Crippen LogP contribution in [-0.4, -0.2) is 43.3 Å². The number of para-hydroxylation sites is 2. The van der Waals surface area contributed by atoms with Gasteiger partial charge in [-0.15, -0.1) is 10.2 Å². The quantitative estimate of drug-likeness (QED) is 0.152. The van der Waals surface area contributed by atoms with Gasteiger partial charge in [-0.2, -0.15) is 0 Å². The summed E-state index contributed by atoms with van der Waals surface area (Å²) in [5.41, 5.74) is 0.357. The number of rotatable bonds is 15. The van der Waals surface area contributed by atoms with Crippen molar-refractivity contribution in [3.63, 3.8) is 0 Å². The van der Waals surface area contributed by atoms with Crippen LogP contribution in [0.15, 0.2) is 24.3 Å². The Morgan fingerprint density at radius 2 is 1.63 bits per heavy atom. The number of hydrogen-bond donors (Lipinski definition) is 3. The van der Waals surface area contributed by atoms with E-state index in [2.05, 4.69) is 53.6 Å². The van der Waals surface area contributed by atoms with Crippen molar-refractivity contribution in [2.75, 3.05) is 5.32 Å². The van der Waals surface area contributed by atoms with Gasteiger partial charge in [0.1, 0.15) is 10.8 Å². The molecule has 0 bridgehead atoms. The fourth-order valence-electron chi connectivity index (χ4n) is 4.95. The summed E-state index contributed by atoms with van der Waals surface area (Å²) in [5.74, 6) is 0.798. The molecule has 2 amide bonds. The molecule has 0 aliphatic heterocycles. The second-order valence-corrected chi connectivity index (χ2v) is 13.9. The van der Waals surface area contributed by atoms with E-state index in [1.165, 1.54) is 19.3 Å². The van der Waals surface area contributed by atoms with Gasteiger partial charge in [0.05, 0.1) is 11.4 Å². The summed E-state index contributed by atoms with van der Waals surface area (Å²) in [7, 11) is 0. The molecule has 0 saturated heterocycles. The maximum Gasteiger partial charge on any atom is 0.261 e. The van der Waals surface area contributed by atoms with Gasteiger partial charge in [-0.05, 0) is 38.8 Å². The second-order valence-electron chi connectivity index (χ2n) is 13.5. The van der Waals surface area contributed by atoms with E-state index in [4.69, 9.17) is 16.3 Å². The molecule has 43 heavy (non-hydrogen) atoms. The van der Waals surface area contributed by atoms with Crippen LogP contribution in [0.25, 0.3) is 5.65 Å². The first-order chi connectivity index (χ1) is 20.1. The van der Waals surface area contributed by atoms with Crippen molar-refractivity contribution in [1.82, 2.24) is 25.1 Å². The van der Waals surface area contributed by atoms with Crippen molar-refractivity contribution in [3.8, 4) is 5.75 Å². The number of hydrogen-bond acceptors (Lipinski definition) is 5. The van der Waals surface area contributed by atoms with Crippen molar-refractivity contribution in [2.45, 2.75) is 136 Å². The Kier molecular flexibility index (Phi) is 11.3. The molecule has 3 aromatic rings. The minimum Gasteiger partial charge on any atom is -0.478 e. The summed E-state index contributed by atoms with van der Waals surface area (Å²) in [4.78, 5) is 26.2. The van der Waals surface area contributed by atoms with Gasteiger partial charge in [0.2, 0.25) is 5.91 Å². The number of anilines is 1. The molecule has 0 fully saturated rings. The van der Waals surface area contributed by atoms with Crippen molar-refractivity contribution in [2.24, 2.45) is 0 Å². The molecule has 0 aliphatic carbocycles. The van der Waals surface area contributed by atoms with E-state index in [-0.39, 0.29) is 17.2 Å². The zero-order valence-corrected chi connectivity index (χ0v) is 28.2. The van der Waals surface area contributed by atoms with Gasteiger partial charge in [0.25, 0.3) is 5.91 Å². The lowest BCUT2D eigenvalue weighted by Gasteiger charge is -2.41. The molecule has 1 aromatic carbocycles. The van der Waals surface area contributed by atoms with Crippen LogP contribution in [0.4, 0.5) is 5.69 Å². The Labute approximate surface area is 261 Å². The lowest BCUT2D eigenvalue weighted by molar-refractivity contribution is -0.130. The predicted octanol–water partition coefficient (Wildman–Crippen LogP) is 7.73. The van der Waals surface area contributed by atoms with Gasteiger partial charge in [-0.1, -0.05) is 104 Å². The Hall–Kier alpha value is -3.07. The fraction of sp³-hybridized carbons (Fsp3) is 0.636. The highest BCUT2D eigenvalue weighted by Gasteiger charge is 2.45. The Bertz CT molecular complexity index is 1380. The Balaban J connectivity index is 1.87. The number of carbonyl (C=O) groups excluding carboxylic acids is 2. The first-order valence-electron chi connectivity index (χ1n) is 15.6. The highest BCUT2D eigenvalue weighted by molar-refractivity contribution is 6.34. The third-order valence-electron chi connectivity index (χ3n) is 8.47. The van der Waals surface area contributed by atoms with E-state index in [1.54, 1.807) is 19.1 Å². The summed E-state index contributed by atoms with van der Waals surface area (Å²) < 4.78 is 8.20. The second kappa shape index (κ2) is 14.1. The summed E-state index contributed by atoms with van der Waals surface area (Å²) >= 11 is 6.70. The summed E-state index contributed by atoms with van der Waals surface area (Å²) in [6.45, 7) is 18.3. The first-order valence-corrected chi connectivity index (χ1v) is 16.0. The molecule has 0 aliphatic rings. The molecule has 0 spiro atoms. The molecule has 0 radical (unpaired) electrons. The first kappa shape index (κ1) is 34.4. The summed E-state index contributed by atoms with van der Waals surface area (Å²) in [6, 6.07) is 7.26. The number of unbranched alkanes of at least 4 members (excludes halogenated alkanes) is 5. The zero-order valence-electron chi connectivity index (χ0n) is 27.5. The SMILES string of the molecule is CCCCCCCCC(Oc1ccccc1NC(=O)CC)C(=O)NC(C)(C)C(C)(C)c1nnc2c(Cl)c(C(C)(C)C)[nH]n12. The van der Waals surface area contributed by atoms with Crippen LogP contribution in [0.3, 0.4) is 0 Å². The largest absolute Gasteiger partial charge is 0.478 e. The molecular weight excluding hydrogens is 564 g/mol. The van der Waals surface area contributed by atoms with Gasteiger partial charge in [0.15, 0.2) is 17.6 Å². The predicted molar refractivity (Wildman–Crippen MR) is 174 cm³/mol.